The fraction of sp³-hybridized carbons (Fsp3) is 0.938. The van der Waals surface area contributed by atoms with Crippen molar-refractivity contribution in [2.24, 2.45) is 11.8 Å². The first-order valence-electron chi connectivity index (χ1n) is 8.40. The van der Waals surface area contributed by atoms with Crippen LogP contribution in [-0.2, 0) is 9.53 Å². The average Bonchev–Trinajstić information content (AvgIpc) is 2.47. The Kier molecular flexibility index (Phi) is 8.42. The topological polar surface area (TPSA) is 50.4 Å². The van der Waals surface area contributed by atoms with E-state index in [0.29, 0.717) is 12.3 Å². The van der Waals surface area contributed by atoms with Crippen LogP contribution in [0, 0.1) is 11.8 Å². The van der Waals surface area contributed by atoms with Crippen LogP contribution < -0.4 is 10.6 Å². The zero-order chi connectivity index (χ0) is 18.3. The smallest absolute Gasteiger partial charge is 0.376 e. The number of carbonyl (C=O) groups excluding carboxylic acids is 1. The van der Waals surface area contributed by atoms with E-state index in [9.17, 15) is 22.4 Å². The van der Waals surface area contributed by atoms with E-state index >= 15 is 0 Å². The standard InChI is InChI=1S/C16H28F4N2O2/c1-10(2)6-14(21-3)15(23)22-4-5-24-13-8-11(16(18,19)20)7-12(17)9-13/h10-14,21H,4-9H2,1-3H3,(H,22,23)/t11?,12?,13?,14-/m1/s1. The molecule has 0 saturated heterocycles. The van der Waals surface area contributed by atoms with Crippen molar-refractivity contribution in [3.63, 3.8) is 0 Å². The maximum absolute atomic E-state index is 13.5. The van der Waals surface area contributed by atoms with Gasteiger partial charge in [0, 0.05) is 13.0 Å². The number of hydrogen-bond acceptors (Lipinski definition) is 3. The molecule has 1 aliphatic rings. The molecule has 0 aromatic rings. The van der Waals surface area contributed by atoms with Crippen molar-refractivity contribution in [2.45, 2.75) is 64.0 Å². The third-order valence-electron chi connectivity index (χ3n) is 4.20. The first-order valence-corrected chi connectivity index (χ1v) is 8.40. The second-order valence-electron chi connectivity index (χ2n) is 6.80. The van der Waals surface area contributed by atoms with E-state index in [1.165, 1.54) is 0 Å². The molecule has 0 heterocycles. The lowest BCUT2D eigenvalue weighted by atomic mass is 9.85. The summed E-state index contributed by atoms with van der Waals surface area (Å²) in [4.78, 5) is 12.0. The monoisotopic (exact) mass is 356 g/mol. The van der Waals surface area contributed by atoms with Crippen LogP contribution in [0.2, 0.25) is 0 Å². The quantitative estimate of drug-likeness (QED) is 0.519. The minimum atomic E-state index is -4.39. The van der Waals surface area contributed by atoms with Crippen molar-refractivity contribution in [3.05, 3.63) is 0 Å². The summed E-state index contributed by atoms with van der Waals surface area (Å²) < 4.78 is 57.0. The van der Waals surface area contributed by atoms with Gasteiger partial charge in [0.25, 0.3) is 0 Å². The Labute approximate surface area is 140 Å². The molecule has 1 amide bonds. The number of alkyl halides is 4. The van der Waals surface area contributed by atoms with Gasteiger partial charge in [-0.3, -0.25) is 4.79 Å². The number of rotatable bonds is 8. The van der Waals surface area contributed by atoms with Crippen LogP contribution in [0.15, 0.2) is 0 Å². The van der Waals surface area contributed by atoms with Crippen LogP contribution in [0.1, 0.15) is 39.5 Å². The zero-order valence-electron chi connectivity index (χ0n) is 14.5. The molecule has 0 spiro atoms. The molecule has 1 fully saturated rings. The third kappa shape index (κ3) is 7.34. The van der Waals surface area contributed by atoms with E-state index in [4.69, 9.17) is 4.74 Å². The van der Waals surface area contributed by atoms with Crippen molar-refractivity contribution in [1.29, 1.82) is 0 Å². The number of ether oxygens (including phenoxy) is 1. The number of hydrogen-bond donors (Lipinski definition) is 2. The molecule has 0 aromatic heterocycles. The van der Waals surface area contributed by atoms with Gasteiger partial charge in [-0.25, -0.2) is 4.39 Å². The minimum Gasteiger partial charge on any atom is -0.376 e. The van der Waals surface area contributed by atoms with Crippen molar-refractivity contribution < 1.29 is 27.1 Å². The zero-order valence-corrected chi connectivity index (χ0v) is 14.5. The van der Waals surface area contributed by atoms with E-state index in [2.05, 4.69) is 10.6 Å². The van der Waals surface area contributed by atoms with Gasteiger partial charge in [-0.2, -0.15) is 13.2 Å². The molecule has 1 saturated carbocycles. The Morgan fingerprint density at radius 1 is 1.25 bits per heavy atom. The maximum Gasteiger partial charge on any atom is 0.392 e. The van der Waals surface area contributed by atoms with Gasteiger partial charge in [0.15, 0.2) is 0 Å². The van der Waals surface area contributed by atoms with E-state index in [0.717, 1.165) is 0 Å². The van der Waals surface area contributed by atoms with Crippen molar-refractivity contribution >= 4 is 5.91 Å². The third-order valence-corrected chi connectivity index (χ3v) is 4.20. The molecule has 0 bridgehead atoms. The molecule has 0 radical (unpaired) electrons. The highest BCUT2D eigenvalue weighted by Crippen LogP contribution is 2.39. The van der Waals surface area contributed by atoms with Crippen molar-refractivity contribution in [3.8, 4) is 0 Å². The lowest BCUT2D eigenvalue weighted by Gasteiger charge is -2.32. The van der Waals surface area contributed by atoms with Gasteiger partial charge in [0.1, 0.15) is 6.17 Å². The Morgan fingerprint density at radius 3 is 2.46 bits per heavy atom. The Balaban J connectivity index is 2.32. The molecule has 24 heavy (non-hydrogen) atoms. The van der Waals surface area contributed by atoms with E-state index < -0.39 is 30.8 Å². The van der Waals surface area contributed by atoms with Crippen LogP contribution in [0.5, 0.6) is 0 Å². The summed E-state index contributed by atoms with van der Waals surface area (Å²) in [5, 5.41) is 5.61. The fourth-order valence-corrected chi connectivity index (χ4v) is 2.95. The molecular weight excluding hydrogens is 328 g/mol. The van der Waals surface area contributed by atoms with Crippen LogP contribution in [0.4, 0.5) is 17.6 Å². The van der Waals surface area contributed by atoms with E-state index in [-0.39, 0.29) is 37.9 Å². The highest BCUT2D eigenvalue weighted by atomic mass is 19.4. The van der Waals surface area contributed by atoms with Gasteiger partial charge in [-0.05, 0) is 32.2 Å². The molecule has 8 heteroatoms. The fourth-order valence-electron chi connectivity index (χ4n) is 2.95. The molecule has 1 rings (SSSR count). The van der Waals surface area contributed by atoms with Crippen molar-refractivity contribution in [1.82, 2.24) is 10.6 Å². The van der Waals surface area contributed by atoms with Gasteiger partial charge in [0.2, 0.25) is 5.91 Å². The largest absolute Gasteiger partial charge is 0.392 e. The van der Waals surface area contributed by atoms with Gasteiger partial charge in [0.05, 0.1) is 24.7 Å². The van der Waals surface area contributed by atoms with Gasteiger partial charge in [-0.1, -0.05) is 13.8 Å². The van der Waals surface area contributed by atoms with Gasteiger partial charge in [-0.15, -0.1) is 0 Å². The van der Waals surface area contributed by atoms with Crippen LogP contribution >= 0.6 is 0 Å². The molecule has 142 valence electrons. The summed E-state index contributed by atoms with van der Waals surface area (Å²) in [6, 6.07) is -0.315. The van der Waals surface area contributed by atoms with Crippen molar-refractivity contribution in [2.75, 3.05) is 20.2 Å². The Hall–Kier alpha value is -0.890. The molecule has 1 aliphatic carbocycles. The first kappa shape index (κ1) is 21.2. The summed E-state index contributed by atoms with van der Waals surface area (Å²) in [5.74, 6) is -1.47. The number of amides is 1. The highest BCUT2D eigenvalue weighted by Gasteiger charge is 2.45. The Morgan fingerprint density at radius 2 is 1.92 bits per heavy atom. The van der Waals surface area contributed by atoms with Crippen LogP contribution in [-0.4, -0.2) is 50.6 Å². The summed E-state index contributed by atoms with van der Waals surface area (Å²) in [6.07, 6.45) is -6.69. The average molecular weight is 356 g/mol. The van der Waals surface area contributed by atoms with E-state index in [1.807, 2.05) is 13.8 Å². The molecule has 0 aliphatic heterocycles. The molecule has 3 unspecified atom stereocenters. The van der Waals surface area contributed by atoms with Gasteiger partial charge >= 0.3 is 6.18 Å². The highest BCUT2D eigenvalue weighted by molar-refractivity contribution is 5.81. The summed E-state index contributed by atoms with van der Waals surface area (Å²) in [6.45, 7) is 4.29. The summed E-state index contributed by atoms with van der Waals surface area (Å²) in [7, 11) is 1.70. The maximum atomic E-state index is 13.5. The minimum absolute atomic E-state index is 0.0208. The second-order valence-corrected chi connectivity index (χ2v) is 6.80. The normalized spacial score (nSPS) is 26.4. The number of halogens is 4. The Bertz CT molecular complexity index is 391. The molecule has 4 atom stereocenters. The number of carbonyl (C=O) groups is 1. The lowest BCUT2D eigenvalue weighted by molar-refractivity contribution is -0.198. The molecular formula is C16H28F4N2O2. The van der Waals surface area contributed by atoms with Crippen LogP contribution in [0.3, 0.4) is 0 Å². The summed E-state index contributed by atoms with van der Waals surface area (Å²) in [5.41, 5.74) is 0. The second kappa shape index (κ2) is 9.56. The predicted octanol–water partition coefficient (Wildman–Crippen LogP) is 2.82. The molecule has 4 nitrogen and oxygen atoms in total. The van der Waals surface area contributed by atoms with Crippen LogP contribution in [0.25, 0.3) is 0 Å². The number of likely N-dealkylation sites (N-methyl/N-ethyl adjacent to an activating group) is 1. The number of nitrogens with one attached hydrogen (secondary N) is 2. The molecule has 0 aromatic carbocycles. The predicted molar refractivity (Wildman–Crippen MR) is 83.3 cm³/mol. The van der Waals surface area contributed by atoms with Gasteiger partial charge < -0.3 is 15.4 Å². The van der Waals surface area contributed by atoms with E-state index in [1.54, 1.807) is 7.05 Å². The first-order chi connectivity index (χ1) is 11.1. The summed E-state index contributed by atoms with van der Waals surface area (Å²) >= 11 is 0. The SMILES string of the molecule is CN[C@H](CC(C)C)C(=O)NCCOC1CC(F)CC(C(F)(F)F)C1. The molecule has 2 N–H and O–H groups in total. The lowest BCUT2D eigenvalue weighted by Crippen LogP contribution is -2.44.